The molecule has 2 rings (SSSR count). The van der Waals surface area contributed by atoms with Gasteiger partial charge in [-0.3, -0.25) is 4.79 Å². The lowest BCUT2D eigenvalue weighted by Gasteiger charge is -2.32. The molecule has 17 heavy (non-hydrogen) atoms. The quantitative estimate of drug-likeness (QED) is 0.910. The Kier molecular flexibility index (Phi) is 4.07. The molecule has 1 unspecified atom stereocenters. The van der Waals surface area contributed by atoms with E-state index in [9.17, 15) is 4.79 Å². The zero-order valence-corrected chi connectivity index (χ0v) is 11.9. The third-order valence-corrected chi connectivity index (χ3v) is 3.80. The molecular weight excluding hydrogens is 304 g/mol. The van der Waals surface area contributed by atoms with Crippen LogP contribution in [-0.2, 0) is 4.79 Å². The Hall–Kier alpha value is -0.580. The number of nitrogens with one attached hydrogen (secondary N) is 1. The third-order valence-electron chi connectivity index (χ3n) is 2.99. The maximum atomic E-state index is 12.2. The Morgan fingerprint density at radius 1 is 1.53 bits per heavy atom. The number of carbonyl (C=O) groups excluding carboxylic acids is 1. The SMILES string of the molecule is CNC1CCCN(c2cc(Br)ccc2Cl)C1=O. The van der Waals surface area contributed by atoms with Crippen molar-refractivity contribution in [3.05, 3.63) is 27.7 Å². The first-order valence-electron chi connectivity index (χ1n) is 5.57. The number of rotatable bonds is 2. The first-order valence-corrected chi connectivity index (χ1v) is 6.74. The number of amides is 1. The third kappa shape index (κ3) is 2.64. The maximum Gasteiger partial charge on any atom is 0.244 e. The van der Waals surface area contributed by atoms with E-state index in [1.54, 1.807) is 11.0 Å². The zero-order chi connectivity index (χ0) is 12.4. The number of anilines is 1. The van der Waals surface area contributed by atoms with E-state index in [1.165, 1.54) is 0 Å². The summed E-state index contributed by atoms with van der Waals surface area (Å²) in [5.41, 5.74) is 0.783. The molecule has 0 bridgehead atoms. The van der Waals surface area contributed by atoms with Crippen LogP contribution in [0.3, 0.4) is 0 Å². The summed E-state index contributed by atoms with van der Waals surface area (Å²) in [6.45, 7) is 0.729. The van der Waals surface area contributed by atoms with Gasteiger partial charge in [-0.05, 0) is 38.1 Å². The van der Waals surface area contributed by atoms with Crippen LogP contribution in [0.5, 0.6) is 0 Å². The smallest absolute Gasteiger partial charge is 0.244 e. The van der Waals surface area contributed by atoms with E-state index < -0.39 is 0 Å². The molecule has 5 heteroatoms. The fourth-order valence-electron chi connectivity index (χ4n) is 2.07. The summed E-state index contributed by atoms with van der Waals surface area (Å²) in [6, 6.07) is 5.46. The minimum Gasteiger partial charge on any atom is -0.310 e. The summed E-state index contributed by atoms with van der Waals surface area (Å²) in [6.07, 6.45) is 1.87. The molecule has 1 atom stereocenters. The van der Waals surface area contributed by atoms with Crippen molar-refractivity contribution in [3.8, 4) is 0 Å². The number of hydrogen-bond donors (Lipinski definition) is 1. The molecule has 3 nitrogen and oxygen atoms in total. The van der Waals surface area contributed by atoms with Crippen molar-refractivity contribution in [2.45, 2.75) is 18.9 Å². The van der Waals surface area contributed by atoms with Crippen molar-refractivity contribution >= 4 is 39.1 Å². The highest BCUT2D eigenvalue weighted by Gasteiger charge is 2.29. The van der Waals surface area contributed by atoms with Gasteiger partial charge >= 0.3 is 0 Å². The van der Waals surface area contributed by atoms with Crippen LogP contribution >= 0.6 is 27.5 Å². The van der Waals surface area contributed by atoms with Crippen molar-refractivity contribution in [1.29, 1.82) is 0 Å². The van der Waals surface area contributed by atoms with Crippen LogP contribution in [0.4, 0.5) is 5.69 Å². The number of halogens is 2. The number of likely N-dealkylation sites (N-methyl/N-ethyl adjacent to an activating group) is 1. The van der Waals surface area contributed by atoms with Crippen molar-refractivity contribution < 1.29 is 4.79 Å². The molecule has 1 aliphatic heterocycles. The van der Waals surface area contributed by atoms with Gasteiger partial charge in [0.1, 0.15) is 0 Å². The highest BCUT2D eigenvalue weighted by atomic mass is 79.9. The van der Waals surface area contributed by atoms with Gasteiger partial charge in [0, 0.05) is 11.0 Å². The van der Waals surface area contributed by atoms with Crippen LogP contribution in [0.25, 0.3) is 0 Å². The molecule has 1 aliphatic rings. The molecule has 0 radical (unpaired) electrons. The summed E-state index contributed by atoms with van der Waals surface area (Å²) >= 11 is 9.55. The molecule has 0 spiro atoms. The second-order valence-corrected chi connectivity index (χ2v) is 5.39. The van der Waals surface area contributed by atoms with E-state index in [2.05, 4.69) is 21.2 Å². The molecule has 1 saturated heterocycles. The van der Waals surface area contributed by atoms with Gasteiger partial charge in [0.2, 0.25) is 5.91 Å². The van der Waals surface area contributed by atoms with Gasteiger partial charge in [-0.25, -0.2) is 0 Å². The van der Waals surface area contributed by atoms with Gasteiger partial charge in [-0.2, -0.15) is 0 Å². The lowest BCUT2D eigenvalue weighted by atomic mass is 10.0. The van der Waals surface area contributed by atoms with Crippen LogP contribution in [-0.4, -0.2) is 25.5 Å². The molecule has 92 valence electrons. The molecule has 0 aliphatic carbocycles. The van der Waals surface area contributed by atoms with Crippen molar-refractivity contribution in [3.63, 3.8) is 0 Å². The van der Waals surface area contributed by atoms with E-state index in [-0.39, 0.29) is 11.9 Å². The zero-order valence-electron chi connectivity index (χ0n) is 9.54. The molecule has 0 aromatic heterocycles. The molecule has 1 aromatic rings. The molecule has 0 saturated carbocycles. The molecule has 1 amide bonds. The predicted molar refractivity (Wildman–Crippen MR) is 73.6 cm³/mol. The van der Waals surface area contributed by atoms with E-state index in [4.69, 9.17) is 11.6 Å². The second kappa shape index (κ2) is 5.38. The molecular formula is C12H14BrClN2O. The normalized spacial score (nSPS) is 20.8. The molecule has 1 N–H and O–H groups in total. The lowest BCUT2D eigenvalue weighted by molar-refractivity contribution is -0.121. The van der Waals surface area contributed by atoms with Gasteiger partial charge in [-0.15, -0.1) is 0 Å². The molecule has 1 heterocycles. The first kappa shape index (κ1) is 12.9. The number of carbonyl (C=O) groups is 1. The Morgan fingerprint density at radius 2 is 2.29 bits per heavy atom. The Balaban J connectivity index is 2.32. The largest absolute Gasteiger partial charge is 0.310 e. The summed E-state index contributed by atoms with van der Waals surface area (Å²) < 4.78 is 0.927. The number of nitrogens with zero attached hydrogens (tertiary/aromatic N) is 1. The first-order chi connectivity index (χ1) is 8.13. The van der Waals surface area contributed by atoms with E-state index in [0.717, 1.165) is 29.5 Å². The predicted octanol–water partition coefficient (Wildman–Crippen LogP) is 2.82. The van der Waals surface area contributed by atoms with Gasteiger partial charge < -0.3 is 10.2 Å². The standard InChI is InChI=1S/C12H14BrClN2O/c1-15-10-3-2-6-16(12(10)17)11-7-8(13)4-5-9(11)14/h4-5,7,10,15H,2-3,6H2,1H3. The fourth-order valence-corrected chi connectivity index (χ4v) is 2.64. The lowest BCUT2D eigenvalue weighted by Crippen LogP contribution is -2.49. The highest BCUT2D eigenvalue weighted by molar-refractivity contribution is 9.10. The van der Waals surface area contributed by atoms with Crippen LogP contribution < -0.4 is 10.2 Å². The van der Waals surface area contributed by atoms with Gasteiger partial charge in [0.15, 0.2) is 0 Å². The van der Waals surface area contributed by atoms with Crippen LogP contribution in [0.2, 0.25) is 5.02 Å². The highest BCUT2D eigenvalue weighted by Crippen LogP contribution is 2.31. The van der Waals surface area contributed by atoms with Crippen LogP contribution in [0.1, 0.15) is 12.8 Å². The fraction of sp³-hybridized carbons (Fsp3) is 0.417. The van der Waals surface area contributed by atoms with Gasteiger partial charge in [0.05, 0.1) is 16.8 Å². The monoisotopic (exact) mass is 316 g/mol. The van der Waals surface area contributed by atoms with E-state index >= 15 is 0 Å². The van der Waals surface area contributed by atoms with Crippen molar-refractivity contribution in [2.24, 2.45) is 0 Å². The maximum absolute atomic E-state index is 12.2. The summed E-state index contributed by atoms with van der Waals surface area (Å²) in [5.74, 6) is 0.0961. The average Bonchev–Trinajstić information content (AvgIpc) is 2.33. The summed E-state index contributed by atoms with van der Waals surface area (Å²) in [5, 5.41) is 3.65. The van der Waals surface area contributed by atoms with Gasteiger partial charge in [0.25, 0.3) is 0 Å². The minimum absolute atomic E-state index is 0.0961. The molecule has 1 fully saturated rings. The molecule has 1 aromatic carbocycles. The Bertz CT molecular complexity index is 439. The van der Waals surface area contributed by atoms with Gasteiger partial charge in [-0.1, -0.05) is 27.5 Å². The van der Waals surface area contributed by atoms with Crippen LogP contribution in [0.15, 0.2) is 22.7 Å². The topological polar surface area (TPSA) is 32.3 Å². The van der Waals surface area contributed by atoms with E-state index in [0.29, 0.717) is 5.02 Å². The second-order valence-electron chi connectivity index (χ2n) is 4.07. The number of benzene rings is 1. The average molecular weight is 318 g/mol. The Labute approximate surface area is 114 Å². The summed E-state index contributed by atoms with van der Waals surface area (Å²) in [7, 11) is 1.81. The number of piperidine rings is 1. The number of hydrogen-bond acceptors (Lipinski definition) is 2. The minimum atomic E-state index is -0.0983. The summed E-state index contributed by atoms with van der Waals surface area (Å²) in [4.78, 5) is 14.0. The van der Waals surface area contributed by atoms with Crippen molar-refractivity contribution in [2.75, 3.05) is 18.5 Å². The van der Waals surface area contributed by atoms with Crippen LogP contribution in [0, 0.1) is 0 Å². The van der Waals surface area contributed by atoms with E-state index in [1.807, 2.05) is 19.2 Å². The Morgan fingerprint density at radius 3 is 3.00 bits per heavy atom. The van der Waals surface area contributed by atoms with Crippen molar-refractivity contribution in [1.82, 2.24) is 5.32 Å².